The molecular formula is C13H16N6O. The van der Waals surface area contributed by atoms with Crippen LogP contribution in [0.4, 0.5) is 5.82 Å². The van der Waals surface area contributed by atoms with Crippen molar-refractivity contribution in [3.63, 3.8) is 0 Å². The number of hydrogen-bond donors (Lipinski definition) is 2. The second kappa shape index (κ2) is 5.68. The van der Waals surface area contributed by atoms with Gasteiger partial charge < -0.3 is 10.2 Å². The summed E-state index contributed by atoms with van der Waals surface area (Å²) in [5.74, 6) is 0.763. The number of anilines is 1. The molecule has 104 valence electrons. The molecule has 0 aliphatic carbocycles. The molecule has 2 aromatic heterocycles. The van der Waals surface area contributed by atoms with Crippen molar-refractivity contribution in [2.24, 2.45) is 0 Å². The topological polar surface area (TPSA) is 86.8 Å². The van der Waals surface area contributed by atoms with Crippen LogP contribution in [0.1, 0.15) is 23.2 Å². The number of carbonyl (C=O) groups is 1. The fraction of sp³-hybridized carbons (Fsp3) is 0.385. The molecule has 0 unspecified atom stereocenters. The van der Waals surface area contributed by atoms with Gasteiger partial charge in [0.1, 0.15) is 5.82 Å². The summed E-state index contributed by atoms with van der Waals surface area (Å²) in [5, 5.41) is 9.46. The lowest BCUT2D eigenvalue weighted by Gasteiger charge is -2.33. The number of carbonyl (C=O) groups excluding carboxylic acids is 1. The van der Waals surface area contributed by atoms with E-state index in [-0.39, 0.29) is 11.9 Å². The summed E-state index contributed by atoms with van der Waals surface area (Å²) in [6.07, 6.45) is 10.2. The summed E-state index contributed by atoms with van der Waals surface area (Å²) in [4.78, 5) is 22.5. The Bertz CT molecular complexity index is 556. The van der Waals surface area contributed by atoms with Crippen LogP contribution in [0.15, 0.2) is 31.0 Å². The summed E-state index contributed by atoms with van der Waals surface area (Å²) in [6, 6.07) is 0.119. The lowest BCUT2D eigenvalue weighted by molar-refractivity contribution is 0.0933. The van der Waals surface area contributed by atoms with Gasteiger partial charge in [-0.25, -0.2) is 4.98 Å². The second-order valence-corrected chi connectivity index (χ2v) is 4.81. The van der Waals surface area contributed by atoms with Gasteiger partial charge in [0, 0.05) is 37.7 Å². The van der Waals surface area contributed by atoms with E-state index in [1.165, 1.54) is 6.20 Å². The first-order valence-corrected chi connectivity index (χ1v) is 6.63. The predicted octanol–water partition coefficient (Wildman–Crippen LogP) is 0.598. The van der Waals surface area contributed by atoms with Crippen LogP contribution in [0.2, 0.25) is 0 Å². The number of nitrogens with zero attached hydrogens (tertiary/aromatic N) is 4. The Hall–Kier alpha value is -2.44. The minimum atomic E-state index is -0.0928. The normalized spacial score (nSPS) is 18.8. The standard InChI is InChI=1S/C13H16N6O/c20-13(10-6-16-17-7-10)18-11-2-1-5-19(9-11)12-8-14-3-4-15-12/h3-4,6-8,11H,1-2,5,9H2,(H,16,17)(H,18,20)/t11-/m1/s1. The molecule has 1 amide bonds. The maximum atomic E-state index is 12.0. The van der Waals surface area contributed by atoms with Crippen molar-refractivity contribution in [2.45, 2.75) is 18.9 Å². The molecular weight excluding hydrogens is 256 g/mol. The Balaban J connectivity index is 1.62. The molecule has 0 aromatic carbocycles. The van der Waals surface area contributed by atoms with Crippen LogP contribution in [0.5, 0.6) is 0 Å². The van der Waals surface area contributed by atoms with E-state index in [4.69, 9.17) is 0 Å². The highest BCUT2D eigenvalue weighted by Gasteiger charge is 2.22. The molecule has 7 heteroatoms. The molecule has 0 radical (unpaired) electrons. The van der Waals surface area contributed by atoms with Crippen LogP contribution in [0.3, 0.4) is 0 Å². The van der Waals surface area contributed by atoms with E-state index < -0.39 is 0 Å². The highest BCUT2D eigenvalue weighted by Crippen LogP contribution is 2.16. The fourth-order valence-corrected chi connectivity index (χ4v) is 2.40. The smallest absolute Gasteiger partial charge is 0.254 e. The van der Waals surface area contributed by atoms with Crippen molar-refractivity contribution >= 4 is 11.7 Å². The Morgan fingerprint density at radius 1 is 1.40 bits per heavy atom. The van der Waals surface area contributed by atoms with Crippen molar-refractivity contribution in [3.8, 4) is 0 Å². The van der Waals surface area contributed by atoms with E-state index in [0.717, 1.165) is 31.7 Å². The Morgan fingerprint density at radius 2 is 2.35 bits per heavy atom. The zero-order valence-electron chi connectivity index (χ0n) is 11.0. The van der Waals surface area contributed by atoms with E-state index in [9.17, 15) is 4.79 Å². The number of aromatic nitrogens is 4. The van der Waals surface area contributed by atoms with Gasteiger partial charge in [0.05, 0.1) is 18.0 Å². The monoisotopic (exact) mass is 272 g/mol. The lowest BCUT2D eigenvalue weighted by Crippen LogP contribution is -2.48. The van der Waals surface area contributed by atoms with Crippen LogP contribution in [-0.2, 0) is 0 Å². The molecule has 1 saturated heterocycles. The Labute approximate surface area is 116 Å². The van der Waals surface area contributed by atoms with E-state index in [0.29, 0.717) is 5.56 Å². The van der Waals surface area contributed by atoms with E-state index in [1.807, 2.05) is 0 Å². The van der Waals surface area contributed by atoms with E-state index >= 15 is 0 Å². The van der Waals surface area contributed by atoms with Crippen molar-refractivity contribution in [1.29, 1.82) is 0 Å². The average Bonchev–Trinajstić information content (AvgIpc) is 3.03. The summed E-state index contributed by atoms with van der Waals surface area (Å²) in [6.45, 7) is 1.69. The molecule has 2 N–H and O–H groups in total. The number of piperidine rings is 1. The van der Waals surface area contributed by atoms with Gasteiger partial charge >= 0.3 is 0 Å². The number of hydrogen-bond acceptors (Lipinski definition) is 5. The minimum Gasteiger partial charge on any atom is -0.353 e. The highest BCUT2D eigenvalue weighted by atomic mass is 16.1. The minimum absolute atomic E-state index is 0.0928. The first-order chi connectivity index (χ1) is 9.83. The summed E-state index contributed by atoms with van der Waals surface area (Å²) >= 11 is 0. The maximum absolute atomic E-state index is 12.0. The summed E-state index contributed by atoms with van der Waals surface area (Å²) in [7, 11) is 0. The summed E-state index contributed by atoms with van der Waals surface area (Å²) in [5.41, 5.74) is 0.557. The van der Waals surface area contributed by atoms with Gasteiger partial charge in [-0.05, 0) is 12.8 Å². The molecule has 3 heterocycles. The second-order valence-electron chi connectivity index (χ2n) is 4.81. The number of nitrogens with one attached hydrogen (secondary N) is 2. The van der Waals surface area contributed by atoms with Crippen molar-refractivity contribution in [1.82, 2.24) is 25.5 Å². The quantitative estimate of drug-likeness (QED) is 0.854. The molecule has 1 atom stereocenters. The molecule has 7 nitrogen and oxygen atoms in total. The van der Waals surface area contributed by atoms with Gasteiger partial charge in [0.15, 0.2) is 0 Å². The van der Waals surface area contributed by atoms with Gasteiger partial charge in [0.25, 0.3) is 5.91 Å². The third-order valence-electron chi connectivity index (χ3n) is 3.39. The van der Waals surface area contributed by atoms with Crippen molar-refractivity contribution in [3.05, 3.63) is 36.5 Å². The first-order valence-electron chi connectivity index (χ1n) is 6.63. The maximum Gasteiger partial charge on any atom is 0.254 e. The molecule has 3 rings (SSSR count). The molecule has 20 heavy (non-hydrogen) atoms. The predicted molar refractivity (Wildman–Crippen MR) is 73.3 cm³/mol. The third kappa shape index (κ3) is 2.76. The molecule has 2 aromatic rings. The molecule has 1 aliphatic heterocycles. The van der Waals surface area contributed by atoms with Crippen LogP contribution in [0.25, 0.3) is 0 Å². The summed E-state index contributed by atoms with van der Waals surface area (Å²) < 4.78 is 0. The number of aromatic amines is 1. The van der Waals surface area contributed by atoms with Crippen molar-refractivity contribution in [2.75, 3.05) is 18.0 Å². The number of amides is 1. The van der Waals surface area contributed by atoms with Crippen LogP contribution in [-0.4, -0.2) is 45.2 Å². The first kappa shape index (κ1) is 12.6. The molecule has 0 bridgehead atoms. The van der Waals surface area contributed by atoms with Gasteiger partial charge in [0.2, 0.25) is 0 Å². The zero-order chi connectivity index (χ0) is 13.8. The van der Waals surface area contributed by atoms with E-state index in [1.54, 1.807) is 24.8 Å². The van der Waals surface area contributed by atoms with Crippen LogP contribution >= 0.6 is 0 Å². The Kier molecular flexibility index (Phi) is 3.58. The lowest BCUT2D eigenvalue weighted by atomic mass is 10.1. The van der Waals surface area contributed by atoms with Crippen LogP contribution < -0.4 is 10.2 Å². The third-order valence-corrected chi connectivity index (χ3v) is 3.39. The fourth-order valence-electron chi connectivity index (χ4n) is 2.40. The molecule has 1 fully saturated rings. The van der Waals surface area contributed by atoms with Crippen LogP contribution in [0, 0.1) is 0 Å². The molecule has 0 spiro atoms. The number of H-pyrrole nitrogens is 1. The van der Waals surface area contributed by atoms with Crippen molar-refractivity contribution < 1.29 is 4.79 Å². The zero-order valence-corrected chi connectivity index (χ0v) is 11.0. The van der Waals surface area contributed by atoms with Gasteiger partial charge in [-0.2, -0.15) is 5.10 Å². The van der Waals surface area contributed by atoms with E-state index in [2.05, 4.69) is 30.4 Å². The van der Waals surface area contributed by atoms with Gasteiger partial charge in [-0.1, -0.05) is 0 Å². The largest absolute Gasteiger partial charge is 0.353 e. The SMILES string of the molecule is O=C(N[C@@H]1CCCN(c2cnccn2)C1)c1cn[nH]c1. The molecule has 0 saturated carbocycles. The Morgan fingerprint density at radius 3 is 3.10 bits per heavy atom. The number of rotatable bonds is 3. The van der Waals surface area contributed by atoms with Gasteiger partial charge in [-0.15, -0.1) is 0 Å². The van der Waals surface area contributed by atoms with Gasteiger partial charge in [-0.3, -0.25) is 14.9 Å². The average molecular weight is 272 g/mol. The molecule has 1 aliphatic rings. The highest BCUT2D eigenvalue weighted by molar-refractivity contribution is 5.93.